The summed E-state index contributed by atoms with van der Waals surface area (Å²) in [6.45, 7) is 2.24. The third-order valence-electron chi connectivity index (χ3n) is 8.26. The average Bonchev–Trinajstić information content (AvgIpc) is 2.95. The number of halogens is 7. The summed E-state index contributed by atoms with van der Waals surface area (Å²) in [4.78, 5) is 16.6. The van der Waals surface area contributed by atoms with Gasteiger partial charge in [0.2, 0.25) is 0 Å². The first-order valence-corrected chi connectivity index (χ1v) is 13.9. The lowest BCUT2D eigenvalue weighted by molar-refractivity contribution is -0.143. The van der Waals surface area contributed by atoms with Gasteiger partial charge in [0, 0.05) is 36.4 Å². The lowest BCUT2D eigenvalue weighted by Gasteiger charge is -2.46. The van der Waals surface area contributed by atoms with Gasteiger partial charge in [0.1, 0.15) is 0 Å². The molecule has 0 unspecified atom stereocenters. The van der Waals surface area contributed by atoms with Crippen LogP contribution in [-0.2, 0) is 23.6 Å². The molecule has 13 heteroatoms. The van der Waals surface area contributed by atoms with Gasteiger partial charge in [-0.05, 0) is 61.9 Å². The third kappa shape index (κ3) is 7.74. The summed E-state index contributed by atoms with van der Waals surface area (Å²) >= 11 is 0. The Hall–Kier alpha value is -3.02. The molecule has 43 heavy (non-hydrogen) atoms. The van der Waals surface area contributed by atoms with E-state index in [1.807, 2.05) is 13.0 Å². The number of carbonyl (C=O) groups excluding carboxylic acids is 1. The number of ether oxygens (including phenoxy) is 3. The highest BCUT2D eigenvalue weighted by molar-refractivity contribution is 5.85. The van der Waals surface area contributed by atoms with E-state index in [0.717, 1.165) is 45.0 Å². The van der Waals surface area contributed by atoms with Crippen LogP contribution >= 0.6 is 12.4 Å². The van der Waals surface area contributed by atoms with Gasteiger partial charge in [0.05, 0.1) is 38.5 Å². The maximum absolute atomic E-state index is 13.6. The van der Waals surface area contributed by atoms with Crippen LogP contribution in [-0.4, -0.2) is 44.9 Å². The fourth-order valence-corrected chi connectivity index (χ4v) is 6.16. The van der Waals surface area contributed by atoms with Crippen molar-refractivity contribution in [2.75, 3.05) is 32.8 Å². The van der Waals surface area contributed by atoms with Gasteiger partial charge in [0.15, 0.2) is 11.5 Å². The molecule has 6 nitrogen and oxygen atoms in total. The first-order valence-electron chi connectivity index (χ1n) is 13.9. The standard InChI is InChI=1S/C30H36F6N2O4.ClH/c1-18-10-24(23-14-26(40-2)27(41-3)15-25(23)37(18)16-19-8-6-5-7-9-19)38(28(39)42-4)17-20-11-21(29(31,32)33)13-22(12-20)30(34,35)36;/h11-15,18-19,24H,5-10,16-17H2,1-4H3;1H/t18-,24+;/m0./s1. The van der Waals surface area contributed by atoms with Crippen molar-refractivity contribution >= 4 is 24.2 Å². The molecule has 0 bridgehead atoms. The second kappa shape index (κ2) is 13.7. The molecular formula is C30H37ClF6N2O4. The number of benzene rings is 2. The second-order valence-corrected chi connectivity index (χ2v) is 11.0. The predicted molar refractivity (Wildman–Crippen MR) is 152 cm³/mol. The number of hydrogen-bond donors (Lipinski definition) is 0. The number of fused-ring (bicyclic) bond motifs is 1. The van der Waals surface area contributed by atoms with E-state index in [9.17, 15) is 31.1 Å². The molecule has 0 saturated heterocycles. The summed E-state index contributed by atoms with van der Waals surface area (Å²) in [5.41, 5.74) is -1.79. The smallest absolute Gasteiger partial charge is 0.416 e. The molecule has 2 atom stereocenters. The number of rotatable bonds is 7. The SMILES string of the molecule is COC(=O)N(Cc1cc(C(F)(F)F)cc(C(F)(F)F)c1)[C@@H]1C[C@H](C)N(CC2CCCCC2)c2cc(OC)c(OC)cc21.Cl. The zero-order chi connectivity index (χ0) is 30.8. The fourth-order valence-electron chi connectivity index (χ4n) is 6.16. The second-order valence-electron chi connectivity index (χ2n) is 11.0. The Bertz CT molecular complexity index is 1230. The molecule has 240 valence electrons. The lowest BCUT2D eigenvalue weighted by atomic mass is 9.85. The van der Waals surface area contributed by atoms with E-state index < -0.39 is 42.2 Å². The van der Waals surface area contributed by atoms with Crippen LogP contribution in [0.3, 0.4) is 0 Å². The average molecular weight is 639 g/mol. The molecule has 1 amide bonds. The quantitative estimate of drug-likeness (QED) is 0.284. The number of anilines is 1. The van der Waals surface area contributed by atoms with Gasteiger partial charge in [0.25, 0.3) is 0 Å². The van der Waals surface area contributed by atoms with Crippen LogP contribution in [0.2, 0.25) is 0 Å². The van der Waals surface area contributed by atoms with E-state index in [1.54, 1.807) is 6.07 Å². The highest BCUT2D eigenvalue weighted by atomic mass is 35.5. The molecule has 0 N–H and O–H groups in total. The molecule has 1 saturated carbocycles. The zero-order valence-corrected chi connectivity index (χ0v) is 25.3. The van der Waals surface area contributed by atoms with Crippen LogP contribution < -0.4 is 14.4 Å². The first-order chi connectivity index (χ1) is 19.8. The van der Waals surface area contributed by atoms with Gasteiger partial charge in [-0.25, -0.2) is 4.79 Å². The van der Waals surface area contributed by atoms with Crippen LogP contribution in [0.15, 0.2) is 30.3 Å². The van der Waals surface area contributed by atoms with E-state index in [1.165, 1.54) is 25.5 Å². The third-order valence-corrected chi connectivity index (χ3v) is 8.26. The van der Waals surface area contributed by atoms with Crippen molar-refractivity contribution in [3.63, 3.8) is 0 Å². The van der Waals surface area contributed by atoms with E-state index >= 15 is 0 Å². The largest absolute Gasteiger partial charge is 0.493 e. The van der Waals surface area contributed by atoms with Gasteiger partial charge in [-0.3, -0.25) is 4.90 Å². The molecule has 1 heterocycles. The van der Waals surface area contributed by atoms with Crippen molar-refractivity contribution in [2.45, 2.75) is 76.4 Å². The first kappa shape index (κ1) is 34.5. The van der Waals surface area contributed by atoms with Gasteiger partial charge in [-0.15, -0.1) is 12.4 Å². The minimum Gasteiger partial charge on any atom is -0.493 e. The normalized spacial score (nSPS) is 19.3. The lowest BCUT2D eigenvalue weighted by Crippen LogP contribution is -2.46. The minimum absolute atomic E-state index is 0. The Morgan fingerprint density at radius 3 is 1.95 bits per heavy atom. The van der Waals surface area contributed by atoms with E-state index in [-0.39, 0.29) is 30.1 Å². The van der Waals surface area contributed by atoms with Crippen LogP contribution in [0.4, 0.5) is 36.8 Å². The van der Waals surface area contributed by atoms with Crippen LogP contribution in [0.25, 0.3) is 0 Å². The summed E-state index contributed by atoms with van der Waals surface area (Å²) in [6.07, 6.45) is -4.82. The molecule has 2 aromatic carbocycles. The van der Waals surface area contributed by atoms with Gasteiger partial charge < -0.3 is 19.1 Å². The molecule has 2 aliphatic rings. The Labute approximate surface area is 253 Å². The Morgan fingerprint density at radius 2 is 1.44 bits per heavy atom. The molecule has 1 aliphatic heterocycles. The number of methoxy groups -OCH3 is 3. The highest BCUT2D eigenvalue weighted by Crippen LogP contribution is 2.47. The highest BCUT2D eigenvalue weighted by Gasteiger charge is 2.40. The van der Waals surface area contributed by atoms with Crippen molar-refractivity contribution in [2.24, 2.45) is 5.92 Å². The molecular weight excluding hydrogens is 602 g/mol. The molecule has 4 rings (SSSR count). The van der Waals surface area contributed by atoms with E-state index in [2.05, 4.69) is 4.90 Å². The van der Waals surface area contributed by atoms with Crippen molar-refractivity contribution in [3.05, 3.63) is 52.6 Å². The fraction of sp³-hybridized carbons (Fsp3) is 0.567. The predicted octanol–water partition coefficient (Wildman–Crippen LogP) is 8.65. The number of amides is 1. The van der Waals surface area contributed by atoms with Crippen molar-refractivity contribution in [1.29, 1.82) is 0 Å². The van der Waals surface area contributed by atoms with Crippen LogP contribution in [0.5, 0.6) is 11.5 Å². The summed E-state index contributed by atoms with van der Waals surface area (Å²) in [5.74, 6) is 1.33. The number of nitrogens with zero attached hydrogens (tertiary/aromatic N) is 2. The van der Waals surface area contributed by atoms with E-state index in [4.69, 9.17) is 14.2 Å². The van der Waals surface area contributed by atoms with Crippen molar-refractivity contribution in [3.8, 4) is 11.5 Å². The number of alkyl halides is 6. The molecule has 0 aromatic heterocycles. The summed E-state index contributed by atoms with van der Waals surface area (Å²) in [6, 6.07) is 4.06. The summed E-state index contributed by atoms with van der Waals surface area (Å²) in [7, 11) is 4.09. The van der Waals surface area contributed by atoms with Crippen LogP contribution in [0.1, 0.15) is 73.7 Å². The molecule has 0 spiro atoms. The Kier molecular flexibility index (Phi) is 11.0. The molecule has 2 aromatic rings. The van der Waals surface area contributed by atoms with E-state index in [0.29, 0.717) is 41.5 Å². The number of carbonyl (C=O) groups is 1. The maximum atomic E-state index is 13.6. The molecule has 0 radical (unpaired) electrons. The van der Waals surface area contributed by atoms with Crippen molar-refractivity contribution in [1.82, 2.24) is 4.90 Å². The summed E-state index contributed by atoms with van der Waals surface area (Å²) < 4.78 is 97.6. The topological polar surface area (TPSA) is 51.2 Å². The summed E-state index contributed by atoms with van der Waals surface area (Å²) in [5, 5.41) is 0. The zero-order valence-electron chi connectivity index (χ0n) is 24.5. The maximum Gasteiger partial charge on any atom is 0.416 e. The van der Waals surface area contributed by atoms with Crippen LogP contribution in [0, 0.1) is 5.92 Å². The Balaban J connectivity index is 0.00000506. The number of hydrogen-bond acceptors (Lipinski definition) is 5. The van der Waals surface area contributed by atoms with Gasteiger partial charge >= 0.3 is 18.4 Å². The van der Waals surface area contributed by atoms with Gasteiger partial charge in [-0.1, -0.05) is 19.3 Å². The van der Waals surface area contributed by atoms with Crippen molar-refractivity contribution < 1.29 is 45.3 Å². The molecule has 1 fully saturated rings. The minimum atomic E-state index is -5.01. The Morgan fingerprint density at radius 1 is 0.884 bits per heavy atom. The monoisotopic (exact) mass is 638 g/mol. The van der Waals surface area contributed by atoms with Gasteiger partial charge in [-0.2, -0.15) is 26.3 Å². The molecule has 1 aliphatic carbocycles.